The van der Waals surface area contributed by atoms with Gasteiger partial charge in [0.1, 0.15) is 17.5 Å². The zero-order valence-corrected chi connectivity index (χ0v) is 13.7. The van der Waals surface area contributed by atoms with Crippen molar-refractivity contribution in [1.29, 1.82) is 0 Å². The minimum absolute atomic E-state index is 0.0565. The lowest BCUT2D eigenvalue weighted by Gasteiger charge is -2.17. The number of H-pyrrole nitrogens is 1. The Kier molecular flexibility index (Phi) is 3.73. The van der Waals surface area contributed by atoms with Gasteiger partial charge >= 0.3 is 0 Å². The number of amides is 1. The third kappa shape index (κ3) is 2.64. The molecule has 0 spiro atoms. The van der Waals surface area contributed by atoms with Crippen molar-refractivity contribution < 1.29 is 9.53 Å². The van der Waals surface area contributed by atoms with Crippen LogP contribution in [0.4, 0.5) is 0 Å². The van der Waals surface area contributed by atoms with Crippen molar-refractivity contribution >= 4 is 16.8 Å². The zero-order chi connectivity index (χ0) is 16.5. The van der Waals surface area contributed by atoms with E-state index >= 15 is 0 Å². The molecule has 0 aliphatic carbocycles. The van der Waals surface area contributed by atoms with E-state index in [1.165, 1.54) is 0 Å². The topological polar surface area (TPSA) is 45.3 Å². The van der Waals surface area contributed by atoms with E-state index < -0.39 is 0 Å². The number of hydrogen-bond donors (Lipinski definition) is 1. The van der Waals surface area contributed by atoms with Crippen molar-refractivity contribution in [2.24, 2.45) is 0 Å². The average molecular weight is 320 g/mol. The Hall–Kier alpha value is -2.75. The Bertz CT molecular complexity index is 870. The van der Waals surface area contributed by atoms with Crippen molar-refractivity contribution in [3.63, 3.8) is 0 Å². The van der Waals surface area contributed by atoms with Gasteiger partial charge in [-0.25, -0.2) is 0 Å². The molecule has 4 rings (SSSR count). The number of nitrogens with one attached hydrogen (secondary N) is 1. The van der Waals surface area contributed by atoms with Gasteiger partial charge in [0.25, 0.3) is 5.91 Å². The van der Waals surface area contributed by atoms with Crippen LogP contribution in [0, 0.1) is 6.92 Å². The van der Waals surface area contributed by atoms with E-state index in [1.54, 1.807) is 0 Å². The Balaban J connectivity index is 1.50. The van der Waals surface area contributed by atoms with Gasteiger partial charge in [-0.3, -0.25) is 4.79 Å². The summed E-state index contributed by atoms with van der Waals surface area (Å²) in [5.74, 6) is 0.918. The summed E-state index contributed by atoms with van der Waals surface area (Å²) in [6.07, 6.45) is 0.918. The predicted octanol–water partition coefficient (Wildman–Crippen LogP) is 3.77. The first-order chi connectivity index (χ1) is 11.7. The van der Waals surface area contributed by atoms with Gasteiger partial charge in [0.05, 0.1) is 6.54 Å². The van der Waals surface area contributed by atoms with Crippen molar-refractivity contribution in [1.82, 2.24) is 9.88 Å². The number of likely N-dealkylation sites (tertiary alicyclic amines) is 1. The van der Waals surface area contributed by atoms with E-state index in [1.807, 2.05) is 66.4 Å². The van der Waals surface area contributed by atoms with Crippen LogP contribution in [0.15, 0.2) is 54.6 Å². The van der Waals surface area contributed by atoms with E-state index in [0.717, 1.165) is 35.2 Å². The minimum Gasteiger partial charge on any atom is -0.489 e. The van der Waals surface area contributed by atoms with Crippen LogP contribution in [-0.2, 0) is 0 Å². The fourth-order valence-electron chi connectivity index (χ4n) is 3.35. The number of carbonyl (C=O) groups excluding carboxylic acids is 1. The molecular formula is C20H20N2O2. The first kappa shape index (κ1) is 14.8. The van der Waals surface area contributed by atoms with Crippen LogP contribution in [-0.4, -0.2) is 35.0 Å². The van der Waals surface area contributed by atoms with Crippen LogP contribution in [0.3, 0.4) is 0 Å². The molecule has 4 nitrogen and oxygen atoms in total. The molecule has 1 amide bonds. The Labute approximate surface area is 141 Å². The quantitative estimate of drug-likeness (QED) is 0.798. The molecule has 1 saturated heterocycles. The Morgan fingerprint density at radius 3 is 2.67 bits per heavy atom. The van der Waals surface area contributed by atoms with Crippen LogP contribution in [0.1, 0.15) is 22.5 Å². The molecule has 1 N–H and O–H groups in total. The number of hydrogen-bond acceptors (Lipinski definition) is 2. The second-order valence-electron chi connectivity index (χ2n) is 6.26. The molecule has 1 fully saturated rings. The first-order valence-electron chi connectivity index (χ1n) is 8.30. The first-order valence-corrected chi connectivity index (χ1v) is 8.30. The summed E-state index contributed by atoms with van der Waals surface area (Å²) in [6.45, 7) is 3.35. The number of rotatable bonds is 3. The number of para-hydroxylation sites is 2. The number of aromatic nitrogens is 1. The summed E-state index contributed by atoms with van der Waals surface area (Å²) in [4.78, 5) is 18.0. The number of ether oxygens (including phenoxy) is 1. The molecule has 2 aromatic carbocycles. The number of carbonyl (C=O) groups is 1. The van der Waals surface area contributed by atoms with Crippen LogP contribution in [0.25, 0.3) is 10.9 Å². The maximum Gasteiger partial charge on any atom is 0.270 e. The fourth-order valence-corrected chi connectivity index (χ4v) is 3.35. The highest BCUT2D eigenvalue weighted by Crippen LogP contribution is 2.25. The van der Waals surface area contributed by atoms with E-state index in [0.29, 0.717) is 12.2 Å². The number of nitrogens with zero attached hydrogens (tertiary/aromatic N) is 1. The van der Waals surface area contributed by atoms with Gasteiger partial charge in [0.2, 0.25) is 0 Å². The van der Waals surface area contributed by atoms with Gasteiger partial charge in [-0.1, -0.05) is 36.4 Å². The highest BCUT2D eigenvalue weighted by molar-refractivity contribution is 6.01. The summed E-state index contributed by atoms with van der Waals surface area (Å²) in [7, 11) is 0. The second-order valence-corrected chi connectivity index (χ2v) is 6.26. The van der Waals surface area contributed by atoms with Crippen LogP contribution in [0.5, 0.6) is 5.75 Å². The molecule has 122 valence electrons. The monoisotopic (exact) mass is 320 g/mol. The molecule has 1 aliphatic heterocycles. The number of aromatic amines is 1. The Morgan fingerprint density at radius 1 is 1.12 bits per heavy atom. The normalized spacial score (nSPS) is 17.4. The molecule has 0 unspecified atom stereocenters. The molecule has 1 aromatic heterocycles. The van der Waals surface area contributed by atoms with E-state index in [9.17, 15) is 4.79 Å². The average Bonchev–Trinajstić information content (AvgIpc) is 3.21. The maximum absolute atomic E-state index is 12.9. The van der Waals surface area contributed by atoms with Crippen LogP contribution < -0.4 is 4.74 Å². The van der Waals surface area contributed by atoms with Gasteiger partial charge in [-0.2, -0.15) is 0 Å². The van der Waals surface area contributed by atoms with Crippen molar-refractivity contribution in [2.75, 3.05) is 13.1 Å². The summed E-state index contributed by atoms with van der Waals surface area (Å²) >= 11 is 0. The summed E-state index contributed by atoms with van der Waals surface area (Å²) in [5, 5.41) is 1.11. The number of benzene rings is 2. The third-order valence-corrected chi connectivity index (χ3v) is 4.66. The Morgan fingerprint density at radius 2 is 1.88 bits per heavy atom. The summed E-state index contributed by atoms with van der Waals surface area (Å²) < 4.78 is 5.98. The van der Waals surface area contributed by atoms with Gasteiger partial charge in [0, 0.05) is 23.9 Å². The molecule has 3 aromatic rings. The highest BCUT2D eigenvalue weighted by Gasteiger charge is 2.30. The molecule has 1 atom stereocenters. The van der Waals surface area contributed by atoms with E-state index in [-0.39, 0.29) is 12.0 Å². The largest absolute Gasteiger partial charge is 0.489 e. The summed E-state index contributed by atoms with van der Waals surface area (Å²) in [5.41, 5.74) is 2.72. The molecule has 1 aliphatic rings. The van der Waals surface area contributed by atoms with Crippen LogP contribution >= 0.6 is 0 Å². The maximum atomic E-state index is 12.9. The predicted molar refractivity (Wildman–Crippen MR) is 94.4 cm³/mol. The molecule has 0 bridgehead atoms. The van der Waals surface area contributed by atoms with Crippen molar-refractivity contribution in [2.45, 2.75) is 19.4 Å². The number of aryl methyl sites for hydroxylation is 1. The lowest BCUT2D eigenvalue weighted by atomic mass is 10.1. The summed E-state index contributed by atoms with van der Waals surface area (Å²) in [6, 6.07) is 17.8. The minimum atomic E-state index is 0.0565. The smallest absolute Gasteiger partial charge is 0.270 e. The molecule has 0 radical (unpaired) electrons. The molecule has 4 heteroatoms. The SMILES string of the molecule is Cc1c(C(=O)N2CC[C@@H](Oc3ccccc3)C2)[nH]c2ccccc12. The van der Waals surface area contributed by atoms with Gasteiger partial charge in [0.15, 0.2) is 0 Å². The highest BCUT2D eigenvalue weighted by atomic mass is 16.5. The number of fused-ring (bicyclic) bond motifs is 1. The van der Waals surface area contributed by atoms with Crippen molar-refractivity contribution in [3.8, 4) is 5.75 Å². The second kappa shape index (κ2) is 6.04. The standard InChI is InChI=1S/C20H20N2O2/c1-14-17-9-5-6-10-18(17)21-19(14)20(23)22-12-11-16(13-22)24-15-7-3-2-4-8-15/h2-10,16,21H,11-13H2,1H3/t16-/m1/s1. The van der Waals surface area contributed by atoms with E-state index in [2.05, 4.69) is 4.98 Å². The molecule has 24 heavy (non-hydrogen) atoms. The molecule has 0 saturated carbocycles. The van der Waals surface area contributed by atoms with E-state index in [4.69, 9.17) is 4.74 Å². The molecular weight excluding hydrogens is 300 g/mol. The molecule has 2 heterocycles. The lowest BCUT2D eigenvalue weighted by Crippen LogP contribution is -2.31. The third-order valence-electron chi connectivity index (χ3n) is 4.66. The van der Waals surface area contributed by atoms with Gasteiger partial charge < -0.3 is 14.6 Å². The van der Waals surface area contributed by atoms with Gasteiger partial charge in [-0.15, -0.1) is 0 Å². The zero-order valence-electron chi connectivity index (χ0n) is 13.7. The van der Waals surface area contributed by atoms with Crippen LogP contribution in [0.2, 0.25) is 0 Å². The van der Waals surface area contributed by atoms with Gasteiger partial charge in [-0.05, 0) is 30.7 Å². The lowest BCUT2D eigenvalue weighted by molar-refractivity contribution is 0.0767. The van der Waals surface area contributed by atoms with Crippen molar-refractivity contribution in [3.05, 3.63) is 65.9 Å². The fraction of sp³-hybridized carbons (Fsp3) is 0.250.